The molecule has 1 atom stereocenters. The normalized spacial score (nSPS) is 14.9. The van der Waals surface area contributed by atoms with Crippen molar-refractivity contribution < 1.29 is 5.11 Å². The van der Waals surface area contributed by atoms with Crippen molar-refractivity contribution in [2.24, 2.45) is 5.92 Å². The Labute approximate surface area is 176 Å². The summed E-state index contributed by atoms with van der Waals surface area (Å²) in [5.74, 6) is 0.132. The van der Waals surface area contributed by atoms with E-state index in [2.05, 4.69) is 120 Å². The molecular weight excluding hydrogens is 462 g/mol. The first kappa shape index (κ1) is 20.5. The molecule has 3 aromatic rings. The minimum absolute atomic E-state index is 0.132. The van der Waals surface area contributed by atoms with Crippen LogP contribution in [0, 0.1) is 5.92 Å². The fourth-order valence-corrected chi connectivity index (χ4v) is 13.8. The predicted molar refractivity (Wildman–Crippen MR) is 129 cm³/mol. The topological polar surface area (TPSA) is 20.2 Å². The average molecular weight is 490 g/mol. The second-order valence-corrected chi connectivity index (χ2v) is 18.6. The van der Waals surface area contributed by atoms with Crippen LogP contribution in [0.4, 0.5) is 0 Å². The maximum atomic E-state index is 10.8. The van der Waals surface area contributed by atoms with Gasteiger partial charge < -0.3 is 0 Å². The van der Waals surface area contributed by atoms with Crippen LogP contribution in [-0.2, 0) is 0 Å². The fraction of sp³-hybridized carbons (Fsp3) is 0.250. The van der Waals surface area contributed by atoms with Crippen LogP contribution in [0.1, 0.15) is 20.8 Å². The van der Waals surface area contributed by atoms with Crippen LogP contribution in [0.25, 0.3) is 0 Å². The van der Waals surface area contributed by atoms with Crippen LogP contribution in [0.5, 0.6) is 0 Å². The molecule has 0 aliphatic carbocycles. The molecule has 3 rings (SSSR count). The molecule has 3 aromatic carbocycles. The Bertz CT molecular complexity index is 773. The van der Waals surface area contributed by atoms with Crippen LogP contribution in [-0.4, -0.2) is 16.9 Å². The van der Waals surface area contributed by atoms with E-state index in [9.17, 15) is 5.11 Å². The van der Waals surface area contributed by atoms with E-state index >= 15 is 0 Å². The monoisotopic (exact) mass is 490 g/mol. The summed E-state index contributed by atoms with van der Waals surface area (Å²) in [7, 11) is 0. The molecule has 142 valence electrons. The van der Waals surface area contributed by atoms with Gasteiger partial charge in [0, 0.05) is 0 Å². The Morgan fingerprint density at radius 3 is 1.30 bits per heavy atom. The third-order valence-electron chi connectivity index (χ3n) is 5.71. The molecule has 0 aromatic heterocycles. The van der Waals surface area contributed by atoms with Gasteiger partial charge in [-0.25, -0.2) is 0 Å². The van der Waals surface area contributed by atoms with Crippen molar-refractivity contribution in [3.05, 3.63) is 91.0 Å². The molecule has 0 heterocycles. The van der Waals surface area contributed by atoms with Crippen LogP contribution in [0.15, 0.2) is 91.0 Å². The Morgan fingerprint density at radius 2 is 1.04 bits per heavy atom. The minimum atomic E-state index is -2.80. The van der Waals surface area contributed by atoms with Crippen LogP contribution in [0.2, 0.25) is 0 Å². The van der Waals surface area contributed by atoms with Gasteiger partial charge in [-0.05, 0) is 0 Å². The zero-order chi connectivity index (χ0) is 19.6. The number of hydrogen-bond donors (Lipinski definition) is 1. The van der Waals surface area contributed by atoms with Gasteiger partial charge in [0.1, 0.15) is 0 Å². The van der Waals surface area contributed by atoms with E-state index in [0.717, 1.165) is 6.16 Å². The molecule has 1 nitrogen and oxygen atoms in total. The van der Waals surface area contributed by atoms with Gasteiger partial charge in [-0.1, -0.05) is 0 Å². The van der Waals surface area contributed by atoms with Gasteiger partial charge in [-0.3, -0.25) is 0 Å². The van der Waals surface area contributed by atoms with E-state index in [1.54, 1.807) is 0 Å². The summed E-state index contributed by atoms with van der Waals surface area (Å²) in [4.78, 5) is 0. The number of benzene rings is 3. The fourth-order valence-electron chi connectivity index (χ4n) is 3.72. The Kier molecular flexibility index (Phi) is 5.82. The maximum absolute atomic E-state index is 10.8. The van der Waals surface area contributed by atoms with Crippen molar-refractivity contribution in [1.29, 1.82) is 0 Å². The first-order chi connectivity index (χ1) is 12.8. The summed E-state index contributed by atoms with van der Waals surface area (Å²) < 4.78 is -2.80. The van der Waals surface area contributed by atoms with E-state index in [0.29, 0.717) is 0 Å². The second kappa shape index (κ2) is 7.66. The Hall–Kier alpha value is -1.22. The van der Waals surface area contributed by atoms with Crippen molar-refractivity contribution in [2.45, 2.75) is 26.4 Å². The molecule has 0 saturated carbocycles. The molecule has 0 aliphatic rings. The van der Waals surface area contributed by atoms with E-state index < -0.39 is 9.85 Å². The molecule has 0 spiro atoms. The van der Waals surface area contributed by atoms with Gasteiger partial charge in [0.2, 0.25) is 0 Å². The second-order valence-electron chi connectivity index (χ2n) is 7.93. The molecule has 0 amide bonds. The summed E-state index contributed by atoms with van der Waals surface area (Å²) in [6.45, 7) is 6.03. The summed E-state index contributed by atoms with van der Waals surface area (Å²) >= 11 is 2.78. The standard InChI is InChI=1S/C24H28IOP/c1-20(24(2,3)26)19-27(25,21-13-7-4-8-14-21,22-15-9-5-10-16-22)23-17-11-6-12-18-23/h4-18,20,26H,19H2,1-3H3. The summed E-state index contributed by atoms with van der Waals surface area (Å²) in [6.07, 6.45) is 0.910. The van der Waals surface area contributed by atoms with Crippen LogP contribution < -0.4 is 15.9 Å². The predicted octanol–water partition coefficient (Wildman–Crippen LogP) is 5.27. The number of halogens is 1. The molecule has 1 unspecified atom stereocenters. The van der Waals surface area contributed by atoms with Gasteiger partial charge in [0.05, 0.1) is 0 Å². The van der Waals surface area contributed by atoms with E-state index in [-0.39, 0.29) is 5.92 Å². The van der Waals surface area contributed by atoms with Gasteiger partial charge in [-0.15, -0.1) is 0 Å². The quantitative estimate of drug-likeness (QED) is 0.369. The first-order valence-corrected chi connectivity index (χ1v) is 14.6. The van der Waals surface area contributed by atoms with Crippen molar-refractivity contribution in [3.63, 3.8) is 0 Å². The molecule has 0 bridgehead atoms. The van der Waals surface area contributed by atoms with Crippen molar-refractivity contribution >= 4 is 42.2 Å². The average Bonchev–Trinajstić information content (AvgIpc) is 2.69. The molecule has 1 N–H and O–H groups in total. The molecule has 0 aliphatic heterocycles. The molecule has 3 heteroatoms. The summed E-state index contributed by atoms with van der Waals surface area (Å²) in [6, 6.07) is 32.6. The number of aliphatic hydroxyl groups is 1. The zero-order valence-electron chi connectivity index (χ0n) is 16.2. The molecule has 0 radical (unpaired) electrons. The molecular formula is C24H28IOP. The molecule has 27 heavy (non-hydrogen) atoms. The van der Waals surface area contributed by atoms with Gasteiger partial charge >= 0.3 is 177 Å². The van der Waals surface area contributed by atoms with Gasteiger partial charge in [0.25, 0.3) is 0 Å². The molecule has 0 saturated heterocycles. The SMILES string of the molecule is CC(CP(I)(c1ccccc1)(c1ccccc1)c1ccccc1)C(C)(C)O. The first-order valence-electron chi connectivity index (χ1n) is 9.39. The van der Waals surface area contributed by atoms with Gasteiger partial charge in [-0.2, -0.15) is 0 Å². The van der Waals surface area contributed by atoms with Crippen molar-refractivity contribution in [2.75, 3.05) is 6.16 Å². The zero-order valence-corrected chi connectivity index (χ0v) is 19.3. The number of rotatable bonds is 6. The summed E-state index contributed by atoms with van der Waals surface area (Å²) in [5, 5.41) is 14.9. The van der Waals surface area contributed by atoms with E-state index in [1.165, 1.54) is 15.9 Å². The van der Waals surface area contributed by atoms with Crippen LogP contribution >= 0.6 is 26.3 Å². The van der Waals surface area contributed by atoms with Crippen molar-refractivity contribution in [3.8, 4) is 0 Å². The number of hydrogen-bond acceptors (Lipinski definition) is 1. The van der Waals surface area contributed by atoms with Gasteiger partial charge in [0.15, 0.2) is 0 Å². The van der Waals surface area contributed by atoms with Crippen molar-refractivity contribution in [1.82, 2.24) is 0 Å². The van der Waals surface area contributed by atoms with Crippen LogP contribution in [0.3, 0.4) is 0 Å². The van der Waals surface area contributed by atoms with E-state index in [1.807, 2.05) is 13.8 Å². The third kappa shape index (κ3) is 3.72. The third-order valence-corrected chi connectivity index (χ3v) is 17.3. The Morgan fingerprint density at radius 1 is 0.741 bits per heavy atom. The Balaban J connectivity index is 2.39. The molecule has 0 fully saturated rings. The van der Waals surface area contributed by atoms with E-state index in [4.69, 9.17) is 0 Å². The summed E-state index contributed by atoms with van der Waals surface area (Å²) in [5.41, 5.74) is -0.743.